The molecule has 0 aliphatic heterocycles. The minimum absolute atomic E-state index is 0.342. The van der Waals surface area contributed by atoms with Crippen molar-refractivity contribution < 1.29 is 19.8 Å². The molecule has 0 aliphatic carbocycles. The van der Waals surface area contributed by atoms with E-state index in [-0.39, 0.29) is 0 Å². The number of hydrogen-bond donors (Lipinski definition) is 4. The van der Waals surface area contributed by atoms with Crippen LogP contribution in [0.5, 0.6) is 0 Å². The largest absolute Gasteiger partial charge is 0.481 e. The van der Waals surface area contributed by atoms with Gasteiger partial charge in [-0.05, 0) is 25.8 Å². The lowest BCUT2D eigenvalue weighted by molar-refractivity contribution is -0.139. The molecule has 1 atom stereocenters. The molecule has 0 rings (SSSR count). The molecule has 0 aromatic heterocycles. The van der Waals surface area contributed by atoms with Gasteiger partial charge in [0.2, 0.25) is 0 Å². The predicted octanol–water partition coefficient (Wildman–Crippen LogP) is 3.13. The van der Waals surface area contributed by atoms with Crippen molar-refractivity contribution in [3.63, 3.8) is 0 Å². The van der Waals surface area contributed by atoms with Gasteiger partial charge in [0, 0.05) is 6.42 Å². The molecule has 0 heterocycles. The second kappa shape index (κ2) is 18.9. The summed E-state index contributed by atoms with van der Waals surface area (Å²) in [5, 5.41) is 16.7. The van der Waals surface area contributed by atoms with Gasteiger partial charge in [0.05, 0.1) is 0 Å². The van der Waals surface area contributed by atoms with Crippen LogP contribution in [-0.4, -0.2) is 34.7 Å². The minimum Gasteiger partial charge on any atom is -0.481 e. The molecule has 23 heavy (non-hydrogen) atoms. The number of carboxylic acid groups (broad SMARTS) is 2. The molecule has 0 amide bonds. The van der Waals surface area contributed by atoms with E-state index in [0.717, 1.165) is 25.7 Å². The Morgan fingerprint density at radius 1 is 0.870 bits per heavy atom. The third-order valence-corrected chi connectivity index (χ3v) is 3.53. The highest BCUT2D eigenvalue weighted by Crippen LogP contribution is 2.09. The summed E-state index contributed by atoms with van der Waals surface area (Å²) in [5.41, 5.74) is 10.4. The van der Waals surface area contributed by atoms with Crippen molar-refractivity contribution in [1.29, 1.82) is 0 Å². The summed E-state index contributed by atoms with van der Waals surface area (Å²) in [4.78, 5) is 20.3. The molecule has 0 saturated heterocycles. The normalized spacial score (nSPS) is 11.4. The molecule has 0 spiro atoms. The van der Waals surface area contributed by atoms with Crippen molar-refractivity contribution in [1.82, 2.24) is 0 Å². The van der Waals surface area contributed by atoms with Gasteiger partial charge in [-0.2, -0.15) is 0 Å². The van der Waals surface area contributed by atoms with Crippen LogP contribution in [0.15, 0.2) is 0 Å². The molecule has 0 radical (unpaired) electrons. The maximum atomic E-state index is 10.2. The molecule has 0 fully saturated rings. The van der Waals surface area contributed by atoms with E-state index in [2.05, 4.69) is 6.92 Å². The molecule has 6 heteroatoms. The highest BCUT2D eigenvalue weighted by molar-refractivity contribution is 5.72. The Bertz CT molecular complexity index is 286. The first-order chi connectivity index (χ1) is 11.0. The summed E-state index contributed by atoms with van der Waals surface area (Å²) in [6.07, 6.45) is 12.2. The first-order valence-corrected chi connectivity index (χ1v) is 8.85. The van der Waals surface area contributed by atoms with Gasteiger partial charge in [0.1, 0.15) is 6.04 Å². The Hall–Kier alpha value is -1.14. The standard InChI is InChI=1S/C11H22O2.C6H14N2O2/c1-2-3-4-5-6-7-8-9-10-11(12)13;7-4-2-1-3-5(8)6(9)10/h2-10H2,1H3,(H,12,13);5H,1-4,7-8H2,(H,9,10). The van der Waals surface area contributed by atoms with Crippen LogP contribution in [-0.2, 0) is 9.59 Å². The smallest absolute Gasteiger partial charge is 0.320 e. The molecule has 0 aromatic carbocycles. The molecule has 0 aromatic rings. The average Bonchev–Trinajstić information content (AvgIpc) is 2.50. The quantitative estimate of drug-likeness (QED) is 0.362. The zero-order chi connectivity index (χ0) is 17.9. The predicted molar refractivity (Wildman–Crippen MR) is 93.4 cm³/mol. The minimum atomic E-state index is -0.933. The maximum absolute atomic E-state index is 10.2. The molecule has 0 saturated carbocycles. The van der Waals surface area contributed by atoms with Crippen LogP contribution in [0, 0.1) is 0 Å². The summed E-state index contributed by atoms with van der Waals surface area (Å²) in [7, 11) is 0. The molecule has 138 valence electrons. The maximum Gasteiger partial charge on any atom is 0.320 e. The fourth-order valence-corrected chi connectivity index (χ4v) is 2.04. The van der Waals surface area contributed by atoms with Crippen LogP contribution in [0.25, 0.3) is 0 Å². The third-order valence-electron chi connectivity index (χ3n) is 3.53. The Kier molecular flexibility index (Phi) is 19.8. The van der Waals surface area contributed by atoms with Gasteiger partial charge in [-0.25, -0.2) is 0 Å². The lowest BCUT2D eigenvalue weighted by Gasteiger charge is -2.03. The first kappa shape index (κ1) is 24.1. The molecule has 0 bridgehead atoms. The van der Waals surface area contributed by atoms with Gasteiger partial charge < -0.3 is 21.7 Å². The monoisotopic (exact) mass is 332 g/mol. The van der Waals surface area contributed by atoms with E-state index in [1.807, 2.05) is 0 Å². The summed E-state index contributed by atoms with van der Waals surface area (Å²) < 4.78 is 0. The van der Waals surface area contributed by atoms with Crippen molar-refractivity contribution in [3.05, 3.63) is 0 Å². The van der Waals surface area contributed by atoms with Crippen LogP contribution < -0.4 is 11.5 Å². The fourth-order valence-electron chi connectivity index (χ4n) is 2.04. The van der Waals surface area contributed by atoms with Gasteiger partial charge in [0.15, 0.2) is 0 Å². The Morgan fingerprint density at radius 3 is 1.83 bits per heavy atom. The highest BCUT2D eigenvalue weighted by Gasteiger charge is 2.09. The second-order valence-corrected chi connectivity index (χ2v) is 5.85. The van der Waals surface area contributed by atoms with Crippen LogP contribution in [0.3, 0.4) is 0 Å². The topological polar surface area (TPSA) is 127 Å². The molecular formula is C17H36N2O4. The molecule has 1 unspecified atom stereocenters. The lowest BCUT2D eigenvalue weighted by Crippen LogP contribution is -2.29. The lowest BCUT2D eigenvalue weighted by atomic mass is 10.1. The number of nitrogens with two attached hydrogens (primary N) is 2. The average molecular weight is 332 g/mol. The van der Waals surface area contributed by atoms with E-state index in [1.165, 1.54) is 38.5 Å². The van der Waals surface area contributed by atoms with Crippen molar-refractivity contribution in [2.24, 2.45) is 11.5 Å². The number of hydrogen-bond acceptors (Lipinski definition) is 4. The Labute approximate surface area is 140 Å². The van der Waals surface area contributed by atoms with Crippen molar-refractivity contribution in [3.8, 4) is 0 Å². The van der Waals surface area contributed by atoms with Gasteiger partial charge in [-0.15, -0.1) is 0 Å². The van der Waals surface area contributed by atoms with Gasteiger partial charge in [-0.1, -0.05) is 58.3 Å². The number of rotatable bonds is 14. The summed E-state index contributed by atoms with van der Waals surface area (Å²) in [5.74, 6) is -1.59. The van der Waals surface area contributed by atoms with E-state index in [1.54, 1.807) is 0 Å². The van der Waals surface area contributed by atoms with E-state index in [0.29, 0.717) is 19.4 Å². The molecule has 6 nitrogen and oxygen atoms in total. The first-order valence-electron chi connectivity index (χ1n) is 8.85. The van der Waals surface area contributed by atoms with Gasteiger partial charge in [-0.3, -0.25) is 9.59 Å². The Morgan fingerprint density at radius 2 is 1.39 bits per heavy atom. The SMILES string of the molecule is CCCCCCCCCCC(=O)O.NCCCCC(N)C(=O)O. The Balaban J connectivity index is 0. The van der Waals surface area contributed by atoms with Crippen molar-refractivity contribution >= 4 is 11.9 Å². The van der Waals surface area contributed by atoms with E-state index in [9.17, 15) is 9.59 Å². The zero-order valence-electron chi connectivity index (χ0n) is 14.6. The van der Waals surface area contributed by atoms with Crippen LogP contribution in [0.4, 0.5) is 0 Å². The highest BCUT2D eigenvalue weighted by atomic mass is 16.4. The van der Waals surface area contributed by atoms with Crippen molar-refractivity contribution in [2.45, 2.75) is 90.0 Å². The molecule has 6 N–H and O–H groups in total. The van der Waals surface area contributed by atoms with E-state index < -0.39 is 18.0 Å². The van der Waals surface area contributed by atoms with Crippen LogP contribution in [0.1, 0.15) is 84.0 Å². The van der Waals surface area contributed by atoms with Gasteiger partial charge in [0.25, 0.3) is 0 Å². The van der Waals surface area contributed by atoms with E-state index >= 15 is 0 Å². The number of carbonyl (C=O) groups is 2. The van der Waals surface area contributed by atoms with Crippen LogP contribution >= 0.6 is 0 Å². The fraction of sp³-hybridized carbons (Fsp3) is 0.882. The second-order valence-electron chi connectivity index (χ2n) is 5.85. The van der Waals surface area contributed by atoms with Crippen molar-refractivity contribution in [2.75, 3.05) is 6.54 Å². The summed E-state index contributed by atoms with van der Waals surface area (Å²) >= 11 is 0. The number of aliphatic carboxylic acids is 2. The number of carboxylic acids is 2. The van der Waals surface area contributed by atoms with Crippen LogP contribution in [0.2, 0.25) is 0 Å². The molecular weight excluding hydrogens is 296 g/mol. The summed E-state index contributed by atoms with van der Waals surface area (Å²) in [6.45, 7) is 2.82. The number of unbranched alkanes of at least 4 members (excludes halogenated alkanes) is 8. The molecule has 0 aliphatic rings. The third kappa shape index (κ3) is 23.3. The van der Waals surface area contributed by atoms with E-state index in [4.69, 9.17) is 21.7 Å². The summed E-state index contributed by atoms with van der Waals surface area (Å²) in [6, 6.07) is -0.716. The zero-order valence-corrected chi connectivity index (χ0v) is 14.6. The van der Waals surface area contributed by atoms with Gasteiger partial charge >= 0.3 is 11.9 Å².